The summed E-state index contributed by atoms with van der Waals surface area (Å²) in [5.41, 5.74) is 4.05. The summed E-state index contributed by atoms with van der Waals surface area (Å²) < 4.78 is 0.931. The number of likely N-dealkylation sites (tertiary alicyclic amines) is 1. The fraction of sp³-hybridized carbons (Fsp3) is 0.400. The van der Waals surface area contributed by atoms with Crippen molar-refractivity contribution in [2.24, 2.45) is 0 Å². The minimum atomic E-state index is -0.241. The Kier molecular flexibility index (Phi) is 7.30. The predicted molar refractivity (Wildman–Crippen MR) is 133 cm³/mol. The molecule has 0 atom stereocenters. The number of unbranched alkanes of at least 4 members (excludes halogenated alkanes) is 2. The normalized spacial score (nSPS) is 15.3. The smallest absolute Gasteiger partial charge is 0.323 e. The predicted octanol–water partition coefficient (Wildman–Crippen LogP) is 6.94. The van der Waals surface area contributed by atoms with E-state index in [4.69, 9.17) is 0 Å². The number of carbonyl (C=O) groups is 1. The lowest BCUT2D eigenvalue weighted by Crippen LogP contribution is -2.33. The number of urea groups is 1. The lowest BCUT2D eigenvalue weighted by molar-refractivity contribution is 0.209. The third-order valence-electron chi connectivity index (χ3n) is 6.16. The van der Waals surface area contributed by atoms with E-state index in [0.717, 1.165) is 21.4 Å². The van der Waals surface area contributed by atoms with E-state index in [-0.39, 0.29) is 6.03 Å². The van der Waals surface area contributed by atoms with Crippen LogP contribution in [-0.4, -0.2) is 35.5 Å². The molecule has 6 heteroatoms. The number of nitrogens with one attached hydrogen (secondary N) is 3. The summed E-state index contributed by atoms with van der Waals surface area (Å²) >= 11 is 3.43. The quantitative estimate of drug-likeness (QED) is 0.319. The van der Waals surface area contributed by atoms with E-state index >= 15 is 0 Å². The van der Waals surface area contributed by atoms with E-state index in [1.165, 1.54) is 62.7 Å². The summed E-state index contributed by atoms with van der Waals surface area (Å²) in [4.78, 5) is 18.5. The molecular weight excluding hydrogens is 452 g/mol. The van der Waals surface area contributed by atoms with Crippen LogP contribution >= 0.6 is 15.9 Å². The molecule has 1 saturated heterocycles. The number of carbonyl (C=O) groups excluding carboxylic acids is 1. The van der Waals surface area contributed by atoms with Gasteiger partial charge in [0.2, 0.25) is 0 Å². The summed E-state index contributed by atoms with van der Waals surface area (Å²) in [6.45, 7) is 5.84. The number of benzene rings is 2. The van der Waals surface area contributed by atoms with Gasteiger partial charge in [0, 0.05) is 32.9 Å². The molecule has 164 valence electrons. The maximum atomic E-state index is 12.4. The largest absolute Gasteiger partial charge is 0.361 e. The Morgan fingerprint density at radius 3 is 2.61 bits per heavy atom. The van der Waals surface area contributed by atoms with E-state index in [2.05, 4.69) is 55.6 Å². The molecule has 3 N–H and O–H groups in total. The van der Waals surface area contributed by atoms with Gasteiger partial charge in [0.1, 0.15) is 0 Å². The highest BCUT2D eigenvalue weighted by molar-refractivity contribution is 9.10. The summed E-state index contributed by atoms with van der Waals surface area (Å²) in [5, 5.41) is 7.07. The number of anilines is 2. The number of halogens is 1. The molecule has 1 aliphatic heterocycles. The van der Waals surface area contributed by atoms with Gasteiger partial charge in [0.25, 0.3) is 0 Å². The first-order valence-corrected chi connectivity index (χ1v) is 12.1. The summed E-state index contributed by atoms with van der Waals surface area (Å²) in [6.07, 6.45) is 8.47. The zero-order valence-electron chi connectivity index (χ0n) is 18.1. The Labute approximate surface area is 192 Å². The molecule has 1 aromatic heterocycles. The molecule has 2 amide bonds. The third-order valence-corrected chi connectivity index (χ3v) is 6.65. The lowest BCUT2D eigenvalue weighted by atomic mass is 9.89. The minimum Gasteiger partial charge on any atom is -0.361 e. The van der Waals surface area contributed by atoms with E-state index in [1.54, 1.807) is 0 Å². The van der Waals surface area contributed by atoms with Crippen LogP contribution in [0.4, 0.5) is 16.2 Å². The van der Waals surface area contributed by atoms with Crippen LogP contribution < -0.4 is 10.6 Å². The van der Waals surface area contributed by atoms with Crippen LogP contribution in [0.3, 0.4) is 0 Å². The first kappa shape index (κ1) is 21.9. The highest BCUT2D eigenvalue weighted by Gasteiger charge is 2.22. The second kappa shape index (κ2) is 10.3. The van der Waals surface area contributed by atoms with Crippen molar-refractivity contribution in [1.29, 1.82) is 0 Å². The Morgan fingerprint density at radius 2 is 1.87 bits per heavy atom. The monoisotopic (exact) mass is 482 g/mol. The van der Waals surface area contributed by atoms with Crippen LogP contribution in [0.5, 0.6) is 0 Å². The number of nitrogens with zero attached hydrogens (tertiary/aromatic N) is 1. The first-order chi connectivity index (χ1) is 15.1. The van der Waals surface area contributed by atoms with Crippen molar-refractivity contribution in [3.8, 4) is 0 Å². The van der Waals surface area contributed by atoms with Crippen LogP contribution in [0, 0.1) is 0 Å². The first-order valence-electron chi connectivity index (χ1n) is 11.3. The topological polar surface area (TPSA) is 60.2 Å². The molecule has 4 rings (SSSR count). The number of aromatic amines is 1. The molecule has 0 unspecified atom stereocenters. The molecule has 1 fully saturated rings. The summed E-state index contributed by atoms with van der Waals surface area (Å²) in [7, 11) is 0. The molecule has 0 spiro atoms. The highest BCUT2D eigenvalue weighted by atomic mass is 79.9. The molecule has 0 aliphatic carbocycles. The number of aromatic nitrogens is 1. The van der Waals surface area contributed by atoms with Gasteiger partial charge < -0.3 is 20.5 Å². The number of rotatable bonds is 7. The molecule has 2 heterocycles. The fourth-order valence-corrected chi connectivity index (χ4v) is 4.87. The molecule has 3 aromatic rings. The number of amides is 2. The molecule has 2 aromatic carbocycles. The number of hydrogen-bond acceptors (Lipinski definition) is 2. The van der Waals surface area contributed by atoms with Gasteiger partial charge in [-0.15, -0.1) is 0 Å². The van der Waals surface area contributed by atoms with Gasteiger partial charge in [-0.2, -0.15) is 0 Å². The van der Waals surface area contributed by atoms with Crippen LogP contribution in [0.15, 0.2) is 53.1 Å². The van der Waals surface area contributed by atoms with Gasteiger partial charge >= 0.3 is 6.03 Å². The van der Waals surface area contributed by atoms with Crippen LogP contribution in [0.1, 0.15) is 50.5 Å². The lowest BCUT2D eigenvalue weighted by Gasteiger charge is -2.32. The van der Waals surface area contributed by atoms with E-state index in [9.17, 15) is 4.79 Å². The van der Waals surface area contributed by atoms with Gasteiger partial charge in [-0.25, -0.2) is 4.79 Å². The van der Waals surface area contributed by atoms with E-state index < -0.39 is 0 Å². The maximum absolute atomic E-state index is 12.4. The second-order valence-corrected chi connectivity index (χ2v) is 9.33. The number of H-pyrrole nitrogens is 1. The Hall–Kier alpha value is -2.31. The van der Waals surface area contributed by atoms with Crippen molar-refractivity contribution >= 4 is 44.2 Å². The van der Waals surface area contributed by atoms with Crippen molar-refractivity contribution in [2.75, 3.05) is 30.3 Å². The van der Waals surface area contributed by atoms with Crippen molar-refractivity contribution in [1.82, 2.24) is 9.88 Å². The SMILES string of the molecule is CCCCCN1CCC(c2c[nH]c3ccc(NC(=O)Nc4cccc(Br)c4)cc23)CC1. The maximum Gasteiger partial charge on any atom is 0.323 e. The minimum absolute atomic E-state index is 0.241. The van der Waals surface area contributed by atoms with Crippen LogP contribution in [-0.2, 0) is 0 Å². The Balaban J connectivity index is 1.40. The third kappa shape index (κ3) is 5.69. The van der Waals surface area contributed by atoms with Crippen molar-refractivity contribution in [3.63, 3.8) is 0 Å². The van der Waals surface area contributed by atoms with Crippen molar-refractivity contribution in [3.05, 3.63) is 58.7 Å². The zero-order chi connectivity index (χ0) is 21.6. The molecular formula is C25H31BrN4O. The van der Waals surface area contributed by atoms with Gasteiger partial charge in [-0.1, -0.05) is 41.8 Å². The number of hydrogen-bond donors (Lipinski definition) is 3. The van der Waals surface area contributed by atoms with Gasteiger partial charge in [-0.05, 0) is 86.8 Å². The van der Waals surface area contributed by atoms with Gasteiger partial charge in [0.05, 0.1) is 0 Å². The van der Waals surface area contributed by atoms with E-state index in [1.807, 2.05) is 36.4 Å². The molecule has 0 radical (unpaired) electrons. The van der Waals surface area contributed by atoms with E-state index in [0.29, 0.717) is 5.92 Å². The summed E-state index contributed by atoms with van der Waals surface area (Å²) in [6, 6.07) is 13.4. The highest BCUT2D eigenvalue weighted by Crippen LogP contribution is 2.34. The molecule has 0 bridgehead atoms. The average Bonchev–Trinajstić information content (AvgIpc) is 3.18. The molecule has 31 heavy (non-hydrogen) atoms. The molecule has 1 aliphatic rings. The van der Waals surface area contributed by atoms with Gasteiger partial charge in [-0.3, -0.25) is 0 Å². The standard InChI is InChI=1S/C25H31BrN4O/c1-2-3-4-12-30-13-10-18(11-14-30)23-17-27-24-9-8-21(16-22(23)24)29-25(31)28-20-7-5-6-19(26)15-20/h5-9,15-18,27H,2-4,10-14H2,1H3,(H2,28,29,31). The van der Waals surface area contributed by atoms with Crippen LogP contribution in [0.25, 0.3) is 10.9 Å². The zero-order valence-corrected chi connectivity index (χ0v) is 19.7. The Bertz CT molecular complexity index is 1020. The van der Waals surface area contributed by atoms with Crippen molar-refractivity contribution in [2.45, 2.75) is 44.9 Å². The summed E-state index contributed by atoms with van der Waals surface area (Å²) in [5.74, 6) is 0.571. The Morgan fingerprint density at radius 1 is 1.10 bits per heavy atom. The second-order valence-electron chi connectivity index (χ2n) is 8.42. The number of piperidine rings is 1. The fourth-order valence-electron chi connectivity index (χ4n) is 4.47. The van der Waals surface area contributed by atoms with Crippen LogP contribution in [0.2, 0.25) is 0 Å². The average molecular weight is 483 g/mol. The van der Waals surface area contributed by atoms with Crippen molar-refractivity contribution < 1.29 is 4.79 Å². The number of fused-ring (bicyclic) bond motifs is 1. The molecule has 0 saturated carbocycles. The van der Waals surface area contributed by atoms with Gasteiger partial charge in [0.15, 0.2) is 0 Å². The molecule has 5 nitrogen and oxygen atoms in total.